The van der Waals surface area contributed by atoms with Crippen LogP contribution in [0.25, 0.3) is 0 Å². The minimum absolute atomic E-state index is 0.0739. The van der Waals surface area contributed by atoms with Gasteiger partial charge in [0.05, 0.1) is 13.7 Å². The first-order chi connectivity index (χ1) is 11.7. The molecule has 1 N–H and O–H groups in total. The number of methoxy groups -OCH3 is 1. The molecule has 0 aliphatic carbocycles. The lowest BCUT2D eigenvalue weighted by molar-refractivity contribution is 0.181. The quantitative estimate of drug-likeness (QED) is 0.906. The summed E-state index contributed by atoms with van der Waals surface area (Å²) in [5.74, 6) is 0.878. The molecular formula is C17H20N4O3. The van der Waals surface area contributed by atoms with E-state index in [1.807, 2.05) is 30.3 Å². The van der Waals surface area contributed by atoms with Gasteiger partial charge in [0.1, 0.15) is 6.10 Å². The van der Waals surface area contributed by atoms with Crippen LogP contribution in [0.3, 0.4) is 0 Å². The molecule has 1 atom stereocenters. The van der Waals surface area contributed by atoms with Gasteiger partial charge in [0.15, 0.2) is 0 Å². The van der Waals surface area contributed by atoms with Crippen molar-refractivity contribution in [3.8, 4) is 11.8 Å². The molecule has 0 bridgehead atoms. The van der Waals surface area contributed by atoms with Crippen molar-refractivity contribution >= 4 is 6.03 Å². The van der Waals surface area contributed by atoms with Crippen molar-refractivity contribution in [2.24, 2.45) is 0 Å². The normalized spacial score (nSPS) is 16.7. The Hall–Kier alpha value is -2.83. The molecule has 1 aliphatic heterocycles. The fraction of sp³-hybridized carbons (Fsp3) is 0.353. The molecular weight excluding hydrogens is 308 g/mol. The summed E-state index contributed by atoms with van der Waals surface area (Å²) in [4.78, 5) is 14.0. The van der Waals surface area contributed by atoms with Crippen LogP contribution < -0.4 is 14.8 Å². The Morgan fingerprint density at radius 3 is 2.67 bits per heavy atom. The maximum Gasteiger partial charge on any atom is 0.317 e. The van der Waals surface area contributed by atoms with E-state index in [0.29, 0.717) is 31.4 Å². The lowest BCUT2D eigenvalue weighted by atomic mass is 10.2. The summed E-state index contributed by atoms with van der Waals surface area (Å²) in [6.45, 7) is 1.72. The number of amides is 2. The number of hydrogen-bond acceptors (Lipinski definition) is 5. The number of carbonyl (C=O) groups excluding carboxylic acids is 1. The van der Waals surface area contributed by atoms with Crippen LogP contribution in [0.15, 0.2) is 42.5 Å². The molecule has 1 aromatic heterocycles. The van der Waals surface area contributed by atoms with Crippen LogP contribution >= 0.6 is 0 Å². The molecule has 7 nitrogen and oxygen atoms in total. The molecule has 1 saturated heterocycles. The standard InChI is InChI=1S/C17H20N4O3/c1-23-15-7-8-16(20-19-15)24-14-9-10-21(12-14)17(22)18-11-13-5-3-2-4-6-13/h2-8,14H,9-12H2,1H3,(H,18,22). The van der Waals surface area contributed by atoms with E-state index in [4.69, 9.17) is 9.47 Å². The van der Waals surface area contributed by atoms with Gasteiger partial charge < -0.3 is 19.7 Å². The molecule has 0 saturated carbocycles. The number of aromatic nitrogens is 2. The Kier molecular flexibility index (Phi) is 5.10. The third kappa shape index (κ3) is 4.13. The van der Waals surface area contributed by atoms with Crippen LogP contribution in [0.4, 0.5) is 4.79 Å². The van der Waals surface area contributed by atoms with Crippen molar-refractivity contribution < 1.29 is 14.3 Å². The molecule has 3 rings (SSSR count). The van der Waals surface area contributed by atoms with Gasteiger partial charge in [-0.3, -0.25) is 0 Å². The third-order valence-electron chi connectivity index (χ3n) is 3.83. The molecule has 2 amide bonds. The maximum atomic E-state index is 12.2. The first-order valence-electron chi connectivity index (χ1n) is 7.85. The van der Waals surface area contributed by atoms with Crippen LogP contribution in [-0.2, 0) is 6.54 Å². The average molecular weight is 328 g/mol. The van der Waals surface area contributed by atoms with E-state index in [1.165, 1.54) is 7.11 Å². The summed E-state index contributed by atoms with van der Waals surface area (Å²) in [6.07, 6.45) is 0.696. The Morgan fingerprint density at radius 2 is 1.96 bits per heavy atom. The second kappa shape index (κ2) is 7.63. The van der Waals surface area contributed by atoms with Crippen molar-refractivity contribution in [3.63, 3.8) is 0 Å². The number of rotatable bonds is 5. The Morgan fingerprint density at radius 1 is 1.21 bits per heavy atom. The SMILES string of the molecule is COc1ccc(OC2CCN(C(=O)NCc3ccccc3)C2)nn1. The van der Waals surface area contributed by atoms with Crippen LogP contribution in [-0.4, -0.2) is 47.4 Å². The largest absolute Gasteiger partial charge is 0.480 e. The first-order valence-corrected chi connectivity index (χ1v) is 7.85. The van der Waals surface area contributed by atoms with Gasteiger partial charge in [-0.05, 0) is 5.56 Å². The molecule has 7 heteroatoms. The number of ether oxygens (including phenoxy) is 2. The second-order valence-corrected chi connectivity index (χ2v) is 5.53. The summed E-state index contributed by atoms with van der Waals surface area (Å²) in [5, 5.41) is 10.7. The lowest BCUT2D eigenvalue weighted by Crippen LogP contribution is -2.39. The van der Waals surface area contributed by atoms with Gasteiger partial charge in [0.25, 0.3) is 0 Å². The highest BCUT2D eigenvalue weighted by Gasteiger charge is 2.27. The van der Waals surface area contributed by atoms with Crippen LogP contribution in [0.1, 0.15) is 12.0 Å². The van der Waals surface area contributed by atoms with Crippen molar-refractivity contribution in [2.75, 3.05) is 20.2 Å². The Labute approximate surface area is 140 Å². The zero-order chi connectivity index (χ0) is 16.8. The number of nitrogens with zero attached hydrogens (tertiary/aromatic N) is 3. The molecule has 2 heterocycles. The number of likely N-dealkylation sites (tertiary alicyclic amines) is 1. The van der Waals surface area contributed by atoms with E-state index in [2.05, 4.69) is 15.5 Å². The molecule has 1 aliphatic rings. The smallest absolute Gasteiger partial charge is 0.317 e. The Bertz CT molecular complexity index is 663. The zero-order valence-electron chi connectivity index (χ0n) is 13.5. The molecule has 1 fully saturated rings. The van der Waals surface area contributed by atoms with E-state index < -0.39 is 0 Å². The number of carbonyl (C=O) groups is 1. The summed E-state index contributed by atoms with van der Waals surface area (Å²) < 4.78 is 10.7. The molecule has 0 spiro atoms. The predicted octanol–water partition coefficient (Wildman–Crippen LogP) is 1.85. The van der Waals surface area contributed by atoms with E-state index >= 15 is 0 Å². The molecule has 1 unspecified atom stereocenters. The van der Waals surface area contributed by atoms with E-state index in [-0.39, 0.29) is 12.1 Å². The van der Waals surface area contributed by atoms with Gasteiger partial charge in [-0.25, -0.2) is 4.79 Å². The number of hydrogen-bond donors (Lipinski definition) is 1. The molecule has 2 aromatic rings. The van der Waals surface area contributed by atoms with Gasteiger partial charge in [-0.1, -0.05) is 30.3 Å². The van der Waals surface area contributed by atoms with E-state index in [0.717, 1.165) is 12.0 Å². The highest BCUT2D eigenvalue weighted by molar-refractivity contribution is 5.74. The summed E-state index contributed by atoms with van der Waals surface area (Å²) in [7, 11) is 1.54. The van der Waals surface area contributed by atoms with Crippen LogP contribution in [0, 0.1) is 0 Å². The second-order valence-electron chi connectivity index (χ2n) is 5.53. The first kappa shape index (κ1) is 16.0. The monoisotopic (exact) mass is 328 g/mol. The number of nitrogens with one attached hydrogen (secondary N) is 1. The molecule has 126 valence electrons. The van der Waals surface area contributed by atoms with E-state index in [1.54, 1.807) is 17.0 Å². The molecule has 24 heavy (non-hydrogen) atoms. The molecule has 0 radical (unpaired) electrons. The highest BCUT2D eigenvalue weighted by Crippen LogP contribution is 2.17. The minimum Gasteiger partial charge on any atom is -0.480 e. The Balaban J connectivity index is 1.46. The maximum absolute atomic E-state index is 12.2. The fourth-order valence-electron chi connectivity index (χ4n) is 2.54. The summed E-state index contributed by atoms with van der Waals surface area (Å²) in [5.41, 5.74) is 1.08. The minimum atomic E-state index is -0.0780. The van der Waals surface area contributed by atoms with Gasteiger partial charge in [-0.15, -0.1) is 10.2 Å². The fourth-order valence-corrected chi connectivity index (χ4v) is 2.54. The number of benzene rings is 1. The highest BCUT2D eigenvalue weighted by atomic mass is 16.5. The van der Waals surface area contributed by atoms with Gasteiger partial charge in [0, 0.05) is 31.6 Å². The topological polar surface area (TPSA) is 76.6 Å². The summed E-state index contributed by atoms with van der Waals surface area (Å²) in [6, 6.07) is 13.2. The van der Waals surface area contributed by atoms with Crippen molar-refractivity contribution in [1.29, 1.82) is 0 Å². The average Bonchev–Trinajstić information content (AvgIpc) is 3.10. The van der Waals surface area contributed by atoms with Crippen molar-refractivity contribution in [2.45, 2.75) is 19.1 Å². The predicted molar refractivity (Wildman–Crippen MR) is 87.9 cm³/mol. The van der Waals surface area contributed by atoms with Crippen molar-refractivity contribution in [3.05, 3.63) is 48.0 Å². The zero-order valence-corrected chi connectivity index (χ0v) is 13.5. The number of urea groups is 1. The van der Waals surface area contributed by atoms with Crippen molar-refractivity contribution in [1.82, 2.24) is 20.4 Å². The van der Waals surface area contributed by atoms with Gasteiger partial charge in [-0.2, -0.15) is 0 Å². The van der Waals surface area contributed by atoms with Crippen LogP contribution in [0.2, 0.25) is 0 Å². The third-order valence-corrected chi connectivity index (χ3v) is 3.83. The van der Waals surface area contributed by atoms with Gasteiger partial charge >= 0.3 is 6.03 Å². The van der Waals surface area contributed by atoms with Gasteiger partial charge in [0.2, 0.25) is 11.8 Å². The van der Waals surface area contributed by atoms with Crippen LogP contribution in [0.5, 0.6) is 11.8 Å². The summed E-state index contributed by atoms with van der Waals surface area (Å²) >= 11 is 0. The lowest BCUT2D eigenvalue weighted by Gasteiger charge is -2.17. The molecule has 1 aromatic carbocycles. The van der Waals surface area contributed by atoms with E-state index in [9.17, 15) is 4.79 Å².